The summed E-state index contributed by atoms with van der Waals surface area (Å²) in [5.41, 5.74) is 1.92. The molecule has 1 fully saturated rings. The Bertz CT molecular complexity index is 700. The maximum absolute atomic E-state index is 13.4. The SMILES string of the molecule is C=C(Cl)N(Cc1ccc(F)cc1C)C1CCN(C(=O)OCC[Si](C)(C)C)CC1. The molecule has 28 heavy (non-hydrogen) atoms. The summed E-state index contributed by atoms with van der Waals surface area (Å²) in [5.74, 6) is -0.238. The first kappa shape index (κ1) is 22.8. The number of halogens is 2. The quantitative estimate of drug-likeness (QED) is 0.421. The average Bonchev–Trinajstić information content (AvgIpc) is 2.60. The summed E-state index contributed by atoms with van der Waals surface area (Å²) < 4.78 is 18.8. The molecule has 0 N–H and O–H groups in total. The van der Waals surface area contributed by atoms with E-state index in [2.05, 4.69) is 31.1 Å². The van der Waals surface area contributed by atoms with Crippen molar-refractivity contribution in [2.45, 2.75) is 58.0 Å². The largest absolute Gasteiger partial charge is 0.450 e. The van der Waals surface area contributed by atoms with Crippen LogP contribution in [-0.4, -0.2) is 49.7 Å². The van der Waals surface area contributed by atoms with Gasteiger partial charge in [0.05, 0.1) is 11.8 Å². The third-order valence-electron chi connectivity index (χ3n) is 5.20. The van der Waals surface area contributed by atoms with E-state index in [1.165, 1.54) is 12.1 Å². The van der Waals surface area contributed by atoms with E-state index in [1.54, 1.807) is 11.0 Å². The van der Waals surface area contributed by atoms with Gasteiger partial charge in [0.2, 0.25) is 0 Å². The number of likely N-dealkylation sites (tertiary alicyclic amines) is 1. The summed E-state index contributed by atoms with van der Waals surface area (Å²) in [5, 5.41) is 0.472. The zero-order valence-electron chi connectivity index (χ0n) is 17.4. The van der Waals surface area contributed by atoms with Crippen LogP contribution in [0.2, 0.25) is 25.7 Å². The molecule has 1 aliphatic rings. The molecular formula is C21H32ClFN2O2Si. The van der Waals surface area contributed by atoms with Crippen molar-refractivity contribution in [1.82, 2.24) is 9.80 Å². The fourth-order valence-corrected chi connectivity index (χ4v) is 4.24. The van der Waals surface area contributed by atoms with Crippen molar-refractivity contribution >= 4 is 25.8 Å². The van der Waals surface area contributed by atoms with Crippen molar-refractivity contribution in [2.75, 3.05) is 19.7 Å². The minimum absolute atomic E-state index is 0.195. The van der Waals surface area contributed by atoms with E-state index >= 15 is 0 Å². The van der Waals surface area contributed by atoms with Gasteiger partial charge in [-0.25, -0.2) is 9.18 Å². The van der Waals surface area contributed by atoms with E-state index in [0.29, 0.717) is 31.4 Å². The first-order valence-electron chi connectivity index (χ1n) is 9.84. The standard InChI is InChI=1S/C21H32ClFN2O2Si/c1-16-14-19(23)7-6-18(16)15-25(17(2)22)20-8-10-24(11-9-20)21(26)27-12-13-28(3,4)5/h6-7,14,20H,2,8-13,15H2,1,3-5H3. The van der Waals surface area contributed by atoms with Crippen molar-refractivity contribution in [1.29, 1.82) is 0 Å². The summed E-state index contributed by atoms with van der Waals surface area (Å²) in [6.45, 7) is 15.0. The molecule has 1 aliphatic heterocycles. The lowest BCUT2D eigenvalue weighted by Crippen LogP contribution is -2.46. The van der Waals surface area contributed by atoms with Crippen LogP contribution in [-0.2, 0) is 11.3 Å². The summed E-state index contributed by atoms with van der Waals surface area (Å²) in [6.07, 6.45) is 1.38. The van der Waals surface area contributed by atoms with Crippen molar-refractivity contribution < 1.29 is 13.9 Å². The highest BCUT2D eigenvalue weighted by Gasteiger charge is 2.28. The van der Waals surface area contributed by atoms with Gasteiger partial charge in [-0.3, -0.25) is 0 Å². The number of benzene rings is 1. The minimum Gasteiger partial charge on any atom is -0.450 e. The second-order valence-corrected chi connectivity index (χ2v) is 14.8. The molecule has 1 amide bonds. The molecule has 0 saturated carbocycles. The predicted octanol–water partition coefficient (Wildman–Crippen LogP) is 5.59. The molecular weight excluding hydrogens is 395 g/mol. The zero-order chi connectivity index (χ0) is 20.9. The lowest BCUT2D eigenvalue weighted by molar-refractivity contribution is 0.0823. The van der Waals surface area contributed by atoms with Crippen LogP contribution in [0.5, 0.6) is 0 Å². The van der Waals surface area contributed by atoms with Crippen LogP contribution < -0.4 is 0 Å². The molecule has 0 bridgehead atoms. The molecule has 2 rings (SSSR count). The number of aryl methyl sites for hydroxylation is 1. The van der Waals surface area contributed by atoms with Crippen LogP contribution in [0.25, 0.3) is 0 Å². The van der Waals surface area contributed by atoms with Crippen LogP contribution in [0.3, 0.4) is 0 Å². The number of carbonyl (C=O) groups is 1. The molecule has 1 heterocycles. The Kier molecular flexibility index (Phi) is 7.95. The molecule has 1 aromatic rings. The van der Waals surface area contributed by atoms with Gasteiger partial charge in [-0.15, -0.1) is 0 Å². The molecule has 0 unspecified atom stereocenters. The summed E-state index contributed by atoms with van der Waals surface area (Å²) in [6, 6.07) is 5.97. The van der Waals surface area contributed by atoms with Gasteiger partial charge < -0.3 is 14.5 Å². The predicted molar refractivity (Wildman–Crippen MR) is 116 cm³/mol. The molecule has 156 valence electrons. The molecule has 0 radical (unpaired) electrons. The number of amides is 1. The Labute approximate surface area is 174 Å². The highest BCUT2D eigenvalue weighted by Crippen LogP contribution is 2.26. The number of hydrogen-bond acceptors (Lipinski definition) is 3. The van der Waals surface area contributed by atoms with Crippen molar-refractivity contribution in [3.63, 3.8) is 0 Å². The van der Waals surface area contributed by atoms with Gasteiger partial charge in [0, 0.05) is 33.7 Å². The zero-order valence-corrected chi connectivity index (χ0v) is 19.2. The fourth-order valence-electron chi connectivity index (χ4n) is 3.33. The van der Waals surface area contributed by atoms with Gasteiger partial charge >= 0.3 is 6.09 Å². The lowest BCUT2D eigenvalue weighted by atomic mass is 10.0. The lowest BCUT2D eigenvalue weighted by Gasteiger charge is -2.39. The van der Waals surface area contributed by atoms with E-state index < -0.39 is 8.07 Å². The molecule has 4 nitrogen and oxygen atoms in total. The van der Waals surface area contributed by atoms with Crippen molar-refractivity contribution in [2.24, 2.45) is 0 Å². The second-order valence-electron chi connectivity index (χ2n) is 8.72. The number of carbonyl (C=O) groups excluding carboxylic acids is 1. The molecule has 0 aromatic heterocycles. The molecule has 0 atom stereocenters. The average molecular weight is 427 g/mol. The summed E-state index contributed by atoms with van der Waals surface area (Å²) >= 11 is 6.28. The Hall–Kier alpha value is -1.53. The van der Waals surface area contributed by atoms with E-state index in [1.807, 2.05) is 6.92 Å². The Morgan fingerprint density at radius 1 is 1.36 bits per heavy atom. The number of nitrogens with zero attached hydrogens (tertiary/aromatic N) is 2. The van der Waals surface area contributed by atoms with Crippen molar-refractivity contribution in [3.8, 4) is 0 Å². The topological polar surface area (TPSA) is 32.8 Å². The Balaban J connectivity index is 1.90. The number of rotatable bonds is 7. The molecule has 7 heteroatoms. The van der Waals surface area contributed by atoms with E-state index in [0.717, 1.165) is 30.0 Å². The first-order chi connectivity index (χ1) is 13.1. The van der Waals surface area contributed by atoms with Crippen LogP contribution in [0.1, 0.15) is 24.0 Å². The van der Waals surface area contributed by atoms with Crippen LogP contribution in [0, 0.1) is 12.7 Å². The highest BCUT2D eigenvalue weighted by atomic mass is 35.5. The first-order valence-corrected chi connectivity index (χ1v) is 13.9. The van der Waals surface area contributed by atoms with Gasteiger partial charge in [-0.1, -0.05) is 43.9 Å². The van der Waals surface area contributed by atoms with Crippen LogP contribution >= 0.6 is 11.6 Å². The van der Waals surface area contributed by atoms with E-state index in [9.17, 15) is 9.18 Å². The van der Waals surface area contributed by atoms with Gasteiger partial charge in [0.15, 0.2) is 0 Å². The highest BCUT2D eigenvalue weighted by molar-refractivity contribution is 6.76. The van der Waals surface area contributed by atoms with E-state index in [-0.39, 0.29) is 18.0 Å². The normalized spacial score (nSPS) is 15.4. The summed E-state index contributed by atoms with van der Waals surface area (Å²) in [7, 11) is -1.21. The van der Waals surface area contributed by atoms with E-state index in [4.69, 9.17) is 16.3 Å². The number of hydrogen-bond donors (Lipinski definition) is 0. The monoisotopic (exact) mass is 426 g/mol. The number of ether oxygens (including phenoxy) is 1. The second kappa shape index (κ2) is 9.79. The fraction of sp³-hybridized carbons (Fsp3) is 0.571. The molecule has 0 spiro atoms. The smallest absolute Gasteiger partial charge is 0.409 e. The van der Waals surface area contributed by atoms with Crippen LogP contribution in [0.15, 0.2) is 29.9 Å². The van der Waals surface area contributed by atoms with Gasteiger partial charge in [0.25, 0.3) is 0 Å². The van der Waals surface area contributed by atoms with Crippen LogP contribution in [0.4, 0.5) is 9.18 Å². The number of piperidine rings is 1. The maximum Gasteiger partial charge on any atom is 0.409 e. The Morgan fingerprint density at radius 3 is 2.54 bits per heavy atom. The van der Waals surface area contributed by atoms with Crippen molar-refractivity contribution in [3.05, 3.63) is 46.9 Å². The molecule has 1 aromatic carbocycles. The Morgan fingerprint density at radius 2 is 2.00 bits per heavy atom. The molecule has 1 saturated heterocycles. The maximum atomic E-state index is 13.4. The third-order valence-corrected chi connectivity index (χ3v) is 7.12. The minimum atomic E-state index is -1.21. The summed E-state index contributed by atoms with van der Waals surface area (Å²) in [4.78, 5) is 16.1. The molecule has 0 aliphatic carbocycles. The van der Waals surface area contributed by atoms with Gasteiger partial charge in [0.1, 0.15) is 5.82 Å². The third kappa shape index (κ3) is 6.81. The van der Waals surface area contributed by atoms with Gasteiger partial charge in [-0.2, -0.15) is 0 Å². The van der Waals surface area contributed by atoms with Gasteiger partial charge in [-0.05, 0) is 49.1 Å².